The Bertz CT molecular complexity index is 1120. The van der Waals surface area contributed by atoms with E-state index in [1.165, 1.54) is 6.26 Å². The summed E-state index contributed by atoms with van der Waals surface area (Å²) in [6.07, 6.45) is 0.561. The van der Waals surface area contributed by atoms with Gasteiger partial charge in [-0.15, -0.1) is 0 Å². The molecule has 0 bridgehead atoms. The first-order valence-electron chi connectivity index (χ1n) is 8.24. The minimum absolute atomic E-state index is 0.139. The van der Waals surface area contributed by atoms with Crippen LogP contribution in [-0.2, 0) is 0 Å². The van der Waals surface area contributed by atoms with Gasteiger partial charge in [-0.2, -0.15) is 0 Å². The second-order valence-corrected chi connectivity index (χ2v) is 5.83. The van der Waals surface area contributed by atoms with Crippen LogP contribution in [0.4, 0.5) is 5.69 Å². The molecule has 136 valence electrons. The van der Waals surface area contributed by atoms with E-state index in [1.807, 2.05) is 24.3 Å². The molecule has 0 radical (unpaired) electrons. The molecule has 0 saturated heterocycles. The number of hydrogen-bond donors (Lipinski definition) is 3. The SMILES string of the molecule is COc1ccccc1NC1=NC(c2coc3ccccc3c2=O)N=C(N)N1. The molecule has 3 aromatic rings. The van der Waals surface area contributed by atoms with Crippen LogP contribution in [0.3, 0.4) is 0 Å². The van der Waals surface area contributed by atoms with Crippen molar-refractivity contribution < 1.29 is 9.15 Å². The fourth-order valence-corrected chi connectivity index (χ4v) is 2.82. The molecular formula is C19H17N5O3. The van der Waals surface area contributed by atoms with Gasteiger partial charge in [0.2, 0.25) is 5.96 Å². The Morgan fingerprint density at radius 3 is 2.78 bits per heavy atom. The molecular weight excluding hydrogens is 346 g/mol. The quantitative estimate of drug-likeness (QED) is 0.657. The predicted molar refractivity (Wildman–Crippen MR) is 104 cm³/mol. The lowest BCUT2D eigenvalue weighted by molar-refractivity contribution is 0.417. The summed E-state index contributed by atoms with van der Waals surface area (Å²) >= 11 is 0. The summed E-state index contributed by atoms with van der Waals surface area (Å²) in [6, 6.07) is 14.4. The largest absolute Gasteiger partial charge is 0.495 e. The summed E-state index contributed by atoms with van der Waals surface area (Å²) in [7, 11) is 1.58. The van der Waals surface area contributed by atoms with Gasteiger partial charge in [0.1, 0.15) is 17.6 Å². The smallest absolute Gasteiger partial charge is 0.205 e. The normalized spacial score (nSPS) is 16.3. The summed E-state index contributed by atoms with van der Waals surface area (Å²) in [5.41, 5.74) is 7.21. The lowest BCUT2D eigenvalue weighted by atomic mass is 10.1. The summed E-state index contributed by atoms with van der Waals surface area (Å²) in [5, 5.41) is 6.43. The molecule has 4 rings (SSSR count). The minimum atomic E-state index is -0.815. The van der Waals surface area contributed by atoms with Crippen molar-refractivity contribution in [1.82, 2.24) is 5.32 Å². The van der Waals surface area contributed by atoms with Crippen LogP contribution in [-0.4, -0.2) is 19.0 Å². The third-order valence-electron chi connectivity index (χ3n) is 4.10. The van der Waals surface area contributed by atoms with Crippen molar-refractivity contribution >= 4 is 28.6 Å². The van der Waals surface area contributed by atoms with Crippen molar-refractivity contribution in [2.75, 3.05) is 12.4 Å². The zero-order valence-electron chi connectivity index (χ0n) is 14.5. The summed E-state index contributed by atoms with van der Waals surface area (Å²) in [5.74, 6) is 1.13. The number of methoxy groups -OCH3 is 1. The van der Waals surface area contributed by atoms with E-state index in [-0.39, 0.29) is 11.4 Å². The number of guanidine groups is 2. The summed E-state index contributed by atoms with van der Waals surface area (Å²) in [6.45, 7) is 0. The van der Waals surface area contributed by atoms with Gasteiger partial charge in [-0.25, -0.2) is 9.98 Å². The highest BCUT2D eigenvalue weighted by Gasteiger charge is 2.22. The van der Waals surface area contributed by atoms with Crippen molar-refractivity contribution in [1.29, 1.82) is 0 Å². The maximum absolute atomic E-state index is 12.8. The second kappa shape index (κ2) is 6.83. The highest BCUT2D eigenvalue weighted by atomic mass is 16.5. The van der Waals surface area contributed by atoms with E-state index in [1.54, 1.807) is 31.4 Å². The molecule has 1 aromatic heterocycles. The minimum Gasteiger partial charge on any atom is -0.495 e. The zero-order valence-corrected chi connectivity index (χ0v) is 14.5. The zero-order chi connectivity index (χ0) is 18.8. The number of hydrogen-bond acceptors (Lipinski definition) is 8. The van der Waals surface area contributed by atoms with Crippen molar-refractivity contribution in [3.05, 3.63) is 70.6 Å². The number of nitrogens with zero attached hydrogens (tertiary/aromatic N) is 2. The van der Waals surface area contributed by atoms with Crippen molar-refractivity contribution in [3.8, 4) is 5.75 Å². The van der Waals surface area contributed by atoms with E-state index >= 15 is 0 Å². The van der Waals surface area contributed by atoms with Crippen LogP contribution < -0.4 is 26.5 Å². The maximum Gasteiger partial charge on any atom is 0.205 e. The number of ether oxygens (including phenoxy) is 1. The molecule has 0 fully saturated rings. The molecule has 0 aliphatic carbocycles. The van der Waals surface area contributed by atoms with Crippen LogP contribution in [0.25, 0.3) is 11.0 Å². The third-order valence-corrected chi connectivity index (χ3v) is 4.10. The first-order chi connectivity index (χ1) is 13.2. The van der Waals surface area contributed by atoms with Gasteiger partial charge in [-0.3, -0.25) is 10.1 Å². The van der Waals surface area contributed by atoms with Gasteiger partial charge in [0.05, 0.1) is 23.7 Å². The first-order valence-corrected chi connectivity index (χ1v) is 8.24. The monoisotopic (exact) mass is 363 g/mol. The average molecular weight is 363 g/mol. The molecule has 0 spiro atoms. The van der Waals surface area contributed by atoms with Gasteiger partial charge < -0.3 is 20.2 Å². The fraction of sp³-hybridized carbons (Fsp3) is 0.105. The number of nitrogens with one attached hydrogen (secondary N) is 2. The van der Waals surface area contributed by atoms with E-state index in [9.17, 15) is 4.79 Å². The number of rotatable bonds is 3. The lowest BCUT2D eigenvalue weighted by Gasteiger charge is -2.20. The van der Waals surface area contributed by atoms with Crippen LogP contribution in [0.5, 0.6) is 5.75 Å². The molecule has 1 aliphatic heterocycles. The van der Waals surface area contributed by atoms with Gasteiger partial charge >= 0.3 is 0 Å². The van der Waals surface area contributed by atoms with E-state index in [0.29, 0.717) is 33.9 Å². The Labute approximate surface area is 154 Å². The Kier molecular flexibility index (Phi) is 4.21. The molecule has 1 aliphatic rings. The molecule has 1 unspecified atom stereocenters. The first kappa shape index (κ1) is 16.6. The van der Waals surface area contributed by atoms with Crippen LogP contribution in [0.1, 0.15) is 11.7 Å². The maximum atomic E-state index is 12.8. The van der Waals surface area contributed by atoms with Gasteiger partial charge in [0, 0.05) is 0 Å². The number of nitrogens with two attached hydrogens (primary N) is 1. The van der Waals surface area contributed by atoms with Gasteiger partial charge in [0.15, 0.2) is 17.6 Å². The number of benzene rings is 2. The van der Waals surface area contributed by atoms with Crippen molar-refractivity contribution in [2.24, 2.45) is 15.7 Å². The predicted octanol–water partition coefficient (Wildman–Crippen LogP) is 2.19. The fourth-order valence-electron chi connectivity index (χ4n) is 2.82. The molecule has 2 heterocycles. The van der Waals surface area contributed by atoms with E-state index in [2.05, 4.69) is 20.6 Å². The Morgan fingerprint density at radius 1 is 1.15 bits per heavy atom. The molecule has 2 aromatic carbocycles. The highest BCUT2D eigenvalue weighted by molar-refractivity contribution is 6.06. The molecule has 8 nitrogen and oxygen atoms in total. The number of aliphatic imine (C=N–C) groups is 2. The molecule has 0 amide bonds. The van der Waals surface area contributed by atoms with Gasteiger partial charge in [-0.05, 0) is 24.3 Å². The molecule has 4 N–H and O–H groups in total. The number of fused-ring (bicyclic) bond motifs is 1. The van der Waals surface area contributed by atoms with Crippen LogP contribution in [0.15, 0.2) is 74.0 Å². The van der Waals surface area contributed by atoms with Crippen molar-refractivity contribution in [3.63, 3.8) is 0 Å². The number of para-hydroxylation sites is 3. The summed E-state index contributed by atoms with van der Waals surface area (Å²) in [4.78, 5) is 21.5. The van der Waals surface area contributed by atoms with Crippen LogP contribution >= 0.6 is 0 Å². The third kappa shape index (κ3) is 3.20. The van der Waals surface area contributed by atoms with E-state index < -0.39 is 6.17 Å². The topological polar surface area (TPSA) is 114 Å². The standard InChI is InChI=1S/C19H17N5O3/c1-26-15-9-5-3-7-13(15)21-19-23-17(22-18(20)24-19)12-10-27-14-8-4-2-6-11(14)16(12)25/h2-10,17H,1H3,(H4,20,21,22,23,24). The van der Waals surface area contributed by atoms with Gasteiger partial charge in [-0.1, -0.05) is 24.3 Å². The molecule has 8 heteroatoms. The van der Waals surface area contributed by atoms with Crippen molar-refractivity contribution in [2.45, 2.75) is 6.17 Å². The second-order valence-electron chi connectivity index (χ2n) is 5.83. The van der Waals surface area contributed by atoms with Crippen LogP contribution in [0, 0.1) is 0 Å². The number of anilines is 1. The molecule has 27 heavy (non-hydrogen) atoms. The van der Waals surface area contributed by atoms with Crippen LogP contribution in [0.2, 0.25) is 0 Å². The Morgan fingerprint density at radius 2 is 1.93 bits per heavy atom. The highest BCUT2D eigenvalue weighted by Crippen LogP contribution is 2.25. The van der Waals surface area contributed by atoms with E-state index in [4.69, 9.17) is 14.9 Å². The molecule has 1 atom stereocenters. The Hall–Kier alpha value is -3.81. The Balaban J connectivity index is 1.72. The molecule has 0 saturated carbocycles. The average Bonchev–Trinajstić information content (AvgIpc) is 2.68. The van der Waals surface area contributed by atoms with Gasteiger partial charge in [0.25, 0.3) is 0 Å². The summed E-state index contributed by atoms with van der Waals surface area (Å²) < 4.78 is 10.9. The van der Waals surface area contributed by atoms with E-state index in [0.717, 1.165) is 0 Å². The lowest BCUT2D eigenvalue weighted by Crippen LogP contribution is -2.44.